The van der Waals surface area contributed by atoms with Crippen LogP contribution in [0.2, 0.25) is 0 Å². The van der Waals surface area contributed by atoms with Crippen LogP contribution in [0, 0.1) is 6.92 Å². The van der Waals surface area contributed by atoms with Crippen LogP contribution in [0.5, 0.6) is 11.5 Å². The van der Waals surface area contributed by atoms with Crippen LogP contribution < -0.4 is 14.8 Å². The van der Waals surface area contributed by atoms with Crippen molar-refractivity contribution in [2.45, 2.75) is 6.92 Å². The van der Waals surface area contributed by atoms with Gasteiger partial charge in [-0.15, -0.1) is 10.2 Å². The average molecular weight is 389 g/mol. The Bertz CT molecular complexity index is 1130. The molecule has 0 aliphatic carbocycles. The lowest BCUT2D eigenvalue weighted by Crippen LogP contribution is -1.98. The first-order chi connectivity index (χ1) is 14.2. The zero-order valence-electron chi connectivity index (χ0n) is 16.2. The molecule has 4 aromatic rings. The molecular weight excluding hydrogens is 370 g/mol. The molecule has 2 aromatic carbocycles. The van der Waals surface area contributed by atoms with Gasteiger partial charge in [0.1, 0.15) is 0 Å². The van der Waals surface area contributed by atoms with Crippen molar-refractivity contribution in [3.8, 4) is 34.5 Å². The molecule has 146 valence electrons. The summed E-state index contributed by atoms with van der Waals surface area (Å²) in [5.74, 6) is 2.68. The molecule has 2 heterocycles. The average Bonchev–Trinajstić information content (AvgIpc) is 3.24. The standard InChI is InChI=1S/C21H19N5O3/c1-13-6-4-5-7-15(13)20-23-21(29-26-20)16-9-11-19(25-24-16)22-14-8-10-17(27-2)18(12-14)28-3/h4-12H,1-3H3,(H,22,25). The van der Waals surface area contributed by atoms with E-state index >= 15 is 0 Å². The number of hydrogen-bond donors (Lipinski definition) is 1. The SMILES string of the molecule is COc1ccc(Nc2ccc(-c3nc(-c4ccccc4C)no3)nn2)cc1OC. The fourth-order valence-corrected chi connectivity index (χ4v) is 2.84. The third-order valence-corrected chi connectivity index (χ3v) is 4.35. The molecule has 0 spiro atoms. The molecule has 8 nitrogen and oxygen atoms in total. The van der Waals surface area contributed by atoms with Gasteiger partial charge in [0.05, 0.1) is 14.2 Å². The van der Waals surface area contributed by atoms with Gasteiger partial charge in [-0.25, -0.2) is 0 Å². The number of nitrogens with zero attached hydrogens (tertiary/aromatic N) is 4. The maximum Gasteiger partial charge on any atom is 0.278 e. The van der Waals surface area contributed by atoms with E-state index in [4.69, 9.17) is 14.0 Å². The second kappa shape index (κ2) is 7.97. The summed E-state index contributed by atoms with van der Waals surface area (Å²) in [5, 5.41) is 15.6. The van der Waals surface area contributed by atoms with E-state index in [-0.39, 0.29) is 0 Å². The van der Waals surface area contributed by atoms with Crippen LogP contribution in [0.25, 0.3) is 23.0 Å². The molecule has 29 heavy (non-hydrogen) atoms. The Morgan fingerprint density at radius 2 is 1.72 bits per heavy atom. The highest BCUT2D eigenvalue weighted by Crippen LogP contribution is 2.31. The number of ether oxygens (including phenoxy) is 2. The first kappa shape index (κ1) is 18.4. The molecule has 0 unspecified atom stereocenters. The zero-order chi connectivity index (χ0) is 20.2. The summed E-state index contributed by atoms with van der Waals surface area (Å²) < 4.78 is 15.9. The van der Waals surface area contributed by atoms with Crippen molar-refractivity contribution in [1.29, 1.82) is 0 Å². The number of aryl methyl sites for hydroxylation is 1. The van der Waals surface area contributed by atoms with Gasteiger partial charge in [-0.1, -0.05) is 29.4 Å². The van der Waals surface area contributed by atoms with Crippen molar-refractivity contribution in [3.63, 3.8) is 0 Å². The Kier molecular flexibility index (Phi) is 5.07. The summed E-state index contributed by atoms with van der Waals surface area (Å²) in [4.78, 5) is 4.44. The van der Waals surface area contributed by atoms with Gasteiger partial charge < -0.3 is 19.3 Å². The normalized spacial score (nSPS) is 10.6. The fourth-order valence-electron chi connectivity index (χ4n) is 2.84. The Morgan fingerprint density at radius 3 is 2.45 bits per heavy atom. The largest absolute Gasteiger partial charge is 0.493 e. The highest BCUT2D eigenvalue weighted by molar-refractivity contribution is 5.63. The van der Waals surface area contributed by atoms with E-state index in [0.29, 0.717) is 34.7 Å². The lowest BCUT2D eigenvalue weighted by molar-refractivity contribution is 0.355. The summed E-state index contributed by atoms with van der Waals surface area (Å²) in [6, 6.07) is 16.9. The van der Waals surface area contributed by atoms with Gasteiger partial charge in [0.25, 0.3) is 5.89 Å². The number of aromatic nitrogens is 4. The highest BCUT2D eigenvalue weighted by atomic mass is 16.5. The minimum Gasteiger partial charge on any atom is -0.493 e. The number of methoxy groups -OCH3 is 2. The minimum absolute atomic E-state index is 0.313. The van der Waals surface area contributed by atoms with Crippen LogP contribution >= 0.6 is 0 Å². The molecule has 0 saturated carbocycles. The summed E-state index contributed by atoms with van der Waals surface area (Å²) >= 11 is 0. The van der Waals surface area contributed by atoms with Crippen molar-refractivity contribution < 1.29 is 14.0 Å². The molecule has 0 radical (unpaired) electrons. The Labute approximate surface area is 167 Å². The van der Waals surface area contributed by atoms with E-state index in [0.717, 1.165) is 16.8 Å². The van der Waals surface area contributed by atoms with Crippen molar-refractivity contribution in [1.82, 2.24) is 20.3 Å². The van der Waals surface area contributed by atoms with Gasteiger partial charge in [0.2, 0.25) is 5.82 Å². The van der Waals surface area contributed by atoms with Crippen LogP contribution in [-0.2, 0) is 0 Å². The number of hydrogen-bond acceptors (Lipinski definition) is 8. The Balaban J connectivity index is 1.52. The van der Waals surface area contributed by atoms with Gasteiger partial charge in [0, 0.05) is 17.3 Å². The number of rotatable bonds is 6. The van der Waals surface area contributed by atoms with E-state index in [1.807, 2.05) is 49.4 Å². The number of nitrogens with one attached hydrogen (secondary N) is 1. The molecule has 0 fully saturated rings. The topological polar surface area (TPSA) is 95.2 Å². The first-order valence-electron chi connectivity index (χ1n) is 8.91. The van der Waals surface area contributed by atoms with Gasteiger partial charge in [-0.05, 0) is 36.8 Å². The van der Waals surface area contributed by atoms with Crippen LogP contribution in [0.3, 0.4) is 0 Å². The lowest BCUT2D eigenvalue weighted by atomic mass is 10.1. The first-order valence-corrected chi connectivity index (χ1v) is 8.91. The summed E-state index contributed by atoms with van der Waals surface area (Å²) in [6.45, 7) is 2.00. The van der Waals surface area contributed by atoms with Gasteiger partial charge >= 0.3 is 0 Å². The maximum atomic E-state index is 5.36. The molecule has 0 saturated heterocycles. The summed E-state index contributed by atoms with van der Waals surface area (Å²) in [5.41, 5.74) is 3.28. The van der Waals surface area contributed by atoms with E-state index < -0.39 is 0 Å². The molecule has 0 bridgehead atoms. The smallest absolute Gasteiger partial charge is 0.278 e. The van der Waals surface area contributed by atoms with E-state index in [2.05, 4.69) is 25.7 Å². The molecule has 0 atom stereocenters. The van der Waals surface area contributed by atoms with Crippen molar-refractivity contribution in [2.75, 3.05) is 19.5 Å². The monoisotopic (exact) mass is 389 g/mol. The van der Waals surface area contributed by atoms with Crippen molar-refractivity contribution in [3.05, 3.63) is 60.2 Å². The predicted octanol–water partition coefficient (Wildman–Crippen LogP) is 4.26. The molecular formula is C21H19N5O3. The maximum absolute atomic E-state index is 5.36. The van der Waals surface area contributed by atoms with E-state index in [1.165, 1.54) is 0 Å². The van der Waals surface area contributed by atoms with Gasteiger partial charge in [0.15, 0.2) is 23.0 Å². The van der Waals surface area contributed by atoms with E-state index in [9.17, 15) is 0 Å². The lowest BCUT2D eigenvalue weighted by Gasteiger charge is -2.10. The molecule has 2 aromatic heterocycles. The van der Waals surface area contributed by atoms with Crippen molar-refractivity contribution in [2.24, 2.45) is 0 Å². The number of anilines is 2. The van der Waals surface area contributed by atoms with Gasteiger partial charge in [-0.2, -0.15) is 4.98 Å². The second-order valence-electron chi connectivity index (χ2n) is 6.24. The van der Waals surface area contributed by atoms with Gasteiger partial charge in [-0.3, -0.25) is 0 Å². The highest BCUT2D eigenvalue weighted by Gasteiger charge is 2.14. The summed E-state index contributed by atoms with van der Waals surface area (Å²) in [7, 11) is 3.18. The molecule has 0 amide bonds. The van der Waals surface area contributed by atoms with Crippen LogP contribution in [0.15, 0.2) is 59.1 Å². The van der Waals surface area contributed by atoms with E-state index in [1.54, 1.807) is 26.4 Å². The number of benzene rings is 2. The molecule has 0 aliphatic rings. The molecule has 8 heteroatoms. The van der Waals surface area contributed by atoms with Crippen LogP contribution in [0.4, 0.5) is 11.5 Å². The fraction of sp³-hybridized carbons (Fsp3) is 0.143. The third kappa shape index (κ3) is 3.86. The Morgan fingerprint density at radius 1 is 0.897 bits per heavy atom. The Hall–Kier alpha value is -3.94. The predicted molar refractivity (Wildman–Crippen MR) is 108 cm³/mol. The second-order valence-corrected chi connectivity index (χ2v) is 6.24. The van der Waals surface area contributed by atoms with Crippen LogP contribution in [-0.4, -0.2) is 34.6 Å². The summed E-state index contributed by atoms with van der Waals surface area (Å²) in [6.07, 6.45) is 0. The molecule has 0 aliphatic heterocycles. The third-order valence-electron chi connectivity index (χ3n) is 4.35. The quantitative estimate of drug-likeness (QED) is 0.523. The minimum atomic E-state index is 0.313. The molecule has 1 N–H and O–H groups in total. The van der Waals surface area contributed by atoms with Crippen LogP contribution in [0.1, 0.15) is 5.56 Å². The zero-order valence-corrected chi connectivity index (χ0v) is 16.2. The van der Waals surface area contributed by atoms with Crippen molar-refractivity contribution >= 4 is 11.5 Å². The molecule has 4 rings (SSSR count).